The molecule has 0 heterocycles. The van der Waals surface area contributed by atoms with Crippen molar-refractivity contribution in [1.29, 1.82) is 0 Å². The topological polar surface area (TPSA) is 69.4 Å². The fourth-order valence-electron chi connectivity index (χ4n) is 1.31. The Morgan fingerprint density at radius 3 is 2.33 bits per heavy atom. The molecule has 102 valence electrons. The van der Waals surface area contributed by atoms with Crippen LogP contribution in [0, 0.1) is 0 Å². The molecule has 0 aliphatic heterocycles. The highest BCUT2D eigenvalue weighted by Crippen LogP contribution is 2.35. The van der Waals surface area contributed by atoms with Crippen LogP contribution in [0.1, 0.15) is 13.3 Å². The molecule has 4 nitrogen and oxygen atoms in total. The average Bonchev–Trinajstić information content (AvgIpc) is 2.26. The van der Waals surface area contributed by atoms with E-state index >= 15 is 0 Å². The fraction of sp³-hybridized carbons (Fsp3) is 0.455. The largest absolute Gasteiger partial charge is 0.491 e. The van der Waals surface area contributed by atoms with Crippen LogP contribution in [0.5, 0.6) is 5.75 Å². The summed E-state index contributed by atoms with van der Waals surface area (Å²) < 4.78 is 29.6. The lowest BCUT2D eigenvalue weighted by Gasteiger charge is -2.11. The van der Waals surface area contributed by atoms with E-state index in [2.05, 4.69) is 31.9 Å². The Bertz CT molecular complexity index is 494. The van der Waals surface area contributed by atoms with Gasteiger partial charge in [-0.05, 0) is 50.4 Å². The summed E-state index contributed by atoms with van der Waals surface area (Å²) in [6.45, 7) is 1.99. The first-order chi connectivity index (χ1) is 8.35. The van der Waals surface area contributed by atoms with E-state index in [1.165, 1.54) is 0 Å². The van der Waals surface area contributed by atoms with E-state index in [0.717, 1.165) is 8.95 Å². The van der Waals surface area contributed by atoms with Gasteiger partial charge in [0.25, 0.3) is 0 Å². The molecule has 0 aromatic heterocycles. The summed E-state index contributed by atoms with van der Waals surface area (Å²) in [6.07, 6.45) is 0.472. The molecular weight excluding hydrogens is 386 g/mol. The molecule has 0 spiro atoms. The summed E-state index contributed by atoms with van der Waals surface area (Å²) >= 11 is 6.70. The molecule has 7 heteroatoms. The van der Waals surface area contributed by atoms with Gasteiger partial charge in [-0.25, -0.2) is 8.42 Å². The Balaban J connectivity index is 2.55. The second-order valence-electron chi connectivity index (χ2n) is 3.75. The van der Waals surface area contributed by atoms with Crippen LogP contribution in [-0.4, -0.2) is 26.5 Å². The monoisotopic (exact) mass is 399 g/mol. The number of rotatable bonds is 6. The number of nitrogen functional groups attached to an aromatic ring is 1. The molecule has 1 aromatic carbocycles. The van der Waals surface area contributed by atoms with Gasteiger partial charge in [0.2, 0.25) is 0 Å². The molecule has 0 unspecified atom stereocenters. The fourth-order valence-corrected chi connectivity index (χ4v) is 3.61. The Kier molecular flexibility index (Phi) is 5.94. The highest BCUT2D eigenvalue weighted by molar-refractivity contribution is 9.11. The smallest absolute Gasteiger partial charge is 0.150 e. The minimum atomic E-state index is -2.92. The first-order valence-corrected chi connectivity index (χ1v) is 8.84. The lowest BCUT2D eigenvalue weighted by atomic mass is 10.3. The molecule has 0 aliphatic carbocycles. The minimum Gasteiger partial charge on any atom is -0.491 e. The van der Waals surface area contributed by atoms with Crippen LogP contribution in [0.3, 0.4) is 0 Å². The Morgan fingerprint density at radius 1 is 1.28 bits per heavy atom. The third-order valence-electron chi connectivity index (χ3n) is 2.31. The predicted octanol–water partition coefficient (Wildman–Crippen LogP) is 3.00. The van der Waals surface area contributed by atoms with Gasteiger partial charge in [0.15, 0.2) is 0 Å². The van der Waals surface area contributed by atoms with Crippen molar-refractivity contribution < 1.29 is 13.2 Å². The molecule has 0 radical (unpaired) electrons. The summed E-state index contributed by atoms with van der Waals surface area (Å²) in [7, 11) is -2.92. The molecule has 0 atom stereocenters. The normalized spacial score (nSPS) is 11.5. The molecular formula is C11H15Br2NO3S. The molecule has 0 saturated heterocycles. The van der Waals surface area contributed by atoms with Crippen LogP contribution in [0.4, 0.5) is 5.69 Å². The van der Waals surface area contributed by atoms with Crippen molar-refractivity contribution in [1.82, 2.24) is 0 Å². The van der Waals surface area contributed by atoms with E-state index in [1.807, 2.05) is 0 Å². The van der Waals surface area contributed by atoms with Gasteiger partial charge in [-0.2, -0.15) is 0 Å². The second kappa shape index (κ2) is 6.77. The molecule has 0 saturated carbocycles. The number of anilines is 1. The number of halogens is 2. The van der Waals surface area contributed by atoms with Crippen molar-refractivity contribution in [3.63, 3.8) is 0 Å². The highest BCUT2D eigenvalue weighted by Gasteiger charge is 2.10. The van der Waals surface area contributed by atoms with Crippen LogP contribution in [0.25, 0.3) is 0 Å². The first kappa shape index (κ1) is 15.8. The van der Waals surface area contributed by atoms with Gasteiger partial charge in [-0.1, -0.05) is 6.92 Å². The molecule has 0 bridgehead atoms. The molecule has 0 amide bonds. The number of benzene rings is 1. The number of hydrogen-bond acceptors (Lipinski definition) is 4. The minimum absolute atomic E-state index is 0.147. The standard InChI is InChI=1S/C11H15Br2NO3S/c1-2-18(15,16)5-3-4-17-11-9(12)6-8(14)7-10(11)13/h6-7H,2-5,14H2,1H3. The molecule has 0 fully saturated rings. The summed E-state index contributed by atoms with van der Waals surface area (Å²) in [5.74, 6) is 0.953. The van der Waals surface area contributed by atoms with Crippen molar-refractivity contribution in [2.24, 2.45) is 0 Å². The highest BCUT2D eigenvalue weighted by atomic mass is 79.9. The van der Waals surface area contributed by atoms with Crippen LogP contribution < -0.4 is 10.5 Å². The van der Waals surface area contributed by atoms with E-state index < -0.39 is 9.84 Å². The van der Waals surface area contributed by atoms with Crippen molar-refractivity contribution >= 4 is 47.4 Å². The molecule has 1 aromatic rings. The predicted molar refractivity (Wildman–Crippen MR) is 80.7 cm³/mol. The van der Waals surface area contributed by atoms with Gasteiger partial charge in [0.1, 0.15) is 15.6 Å². The van der Waals surface area contributed by atoms with Gasteiger partial charge in [-0.3, -0.25) is 0 Å². The van der Waals surface area contributed by atoms with Crippen LogP contribution in [0.15, 0.2) is 21.1 Å². The summed E-state index contributed by atoms with van der Waals surface area (Å²) in [6, 6.07) is 3.48. The van der Waals surface area contributed by atoms with Gasteiger partial charge in [0.05, 0.1) is 21.3 Å². The number of sulfone groups is 1. The number of nitrogens with two attached hydrogens (primary N) is 1. The zero-order chi connectivity index (χ0) is 13.8. The third kappa shape index (κ3) is 4.78. The van der Waals surface area contributed by atoms with E-state index in [-0.39, 0.29) is 11.5 Å². The zero-order valence-corrected chi connectivity index (χ0v) is 13.9. The SMILES string of the molecule is CCS(=O)(=O)CCCOc1c(Br)cc(N)cc1Br. The number of ether oxygens (including phenoxy) is 1. The van der Waals surface area contributed by atoms with Gasteiger partial charge >= 0.3 is 0 Å². The third-order valence-corrected chi connectivity index (χ3v) is 5.27. The Morgan fingerprint density at radius 2 is 1.83 bits per heavy atom. The maximum absolute atomic E-state index is 11.3. The Labute approximate surface area is 124 Å². The van der Waals surface area contributed by atoms with Crippen LogP contribution in [0.2, 0.25) is 0 Å². The lowest BCUT2D eigenvalue weighted by Crippen LogP contribution is -2.12. The van der Waals surface area contributed by atoms with E-state index in [9.17, 15) is 8.42 Å². The maximum Gasteiger partial charge on any atom is 0.150 e. The average molecular weight is 401 g/mol. The molecule has 0 aliphatic rings. The molecule has 1 rings (SSSR count). The quantitative estimate of drug-likeness (QED) is 0.588. The van der Waals surface area contributed by atoms with Crippen molar-refractivity contribution in [2.45, 2.75) is 13.3 Å². The zero-order valence-electron chi connectivity index (χ0n) is 9.95. The summed E-state index contributed by atoms with van der Waals surface area (Å²) in [5, 5.41) is 0. The van der Waals surface area contributed by atoms with Crippen molar-refractivity contribution in [2.75, 3.05) is 23.8 Å². The van der Waals surface area contributed by atoms with Crippen molar-refractivity contribution in [3.05, 3.63) is 21.1 Å². The lowest BCUT2D eigenvalue weighted by molar-refractivity contribution is 0.314. The molecule has 18 heavy (non-hydrogen) atoms. The van der Waals surface area contributed by atoms with E-state index in [4.69, 9.17) is 10.5 Å². The molecule has 2 N–H and O–H groups in total. The second-order valence-corrected chi connectivity index (χ2v) is 7.93. The van der Waals surface area contributed by atoms with Crippen molar-refractivity contribution in [3.8, 4) is 5.75 Å². The van der Waals surface area contributed by atoms with Crippen LogP contribution >= 0.6 is 31.9 Å². The van der Waals surface area contributed by atoms with Gasteiger partial charge in [0, 0.05) is 11.4 Å². The Hall–Kier alpha value is -0.270. The van der Waals surface area contributed by atoms with Gasteiger partial charge < -0.3 is 10.5 Å². The summed E-state index contributed by atoms with van der Waals surface area (Å²) in [4.78, 5) is 0. The van der Waals surface area contributed by atoms with E-state index in [1.54, 1.807) is 19.1 Å². The van der Waals surface area contributed by atoms with Crippen LogP contribution in [-0.2, 0) is 9.84 Å². The van der Waals surface area contributed by atoms with Gasteiger partial charge in [-0.15, -0.1) is 0 Å². The van der Waals surface area contributed by atoms with E-state index in [0.29, 0.717) is 24.5 Å². The maximum atomic E-state index is 11.3. The first-order valence-electron chi connectivity index (χ1n) is 5.43. The number of hydrogen-bond donors (Lipinski definition) is 1. The summed E-state index contributed by atoms with van der Waals surface area (Å²) in [5.41, 5.74) is 6.28.